The van der Waals surface area contributed by atoms with Crippen LogP contribution in [0.3, 0.4) is 0 Å². The lowest BCUT2D eigenvalue weighted by Crippen LogP contribution is -1.92. The number of nitrogens with one attached hydrogen (secondary N) is 1. The van der Waals surface area contributed by atoms with E-state index in [1.54, 1.807) is 23.9 Å². The number of hydrogen-bond acceptors (Lipinski definition) is 5. The molecule has 0 aromatic carbocycles. The Morgan fingerprint density at radius 2 is 2.32 bits per heavy atom. The standard InChI is InChI=1S/C12H10N6S/c1-18-5-14-9-10(18)11-7(16-12(9)13)4-8(19-11)6-2-3-15-17-6/h2-5H,1H3,(H2,13,16)(H,15,17). The summed E-state index contributed by atoms with van der Waals surface area (Å²) < 4.78 is 3.07. The number of nitrogens with zero attached hydrogens (tertiary/aromatic N) is 4. The highest BCUT2D eigenvalue weighted by atomic mass is 32.1. The molecular weight excluding hydrogens is 260 g/mol. The lowest BCUT2D eigenvalue weighted by atomic mass is 10.3. The zero-order valence-electron chi connectivity index (χ0n) is 10.1. The Labute approximate surface area is 111 Å². The molecule has 0 fully saturated rings. The van der Waals surface area contributed by atoms with E-state index in [2.05, 4.69) is 20.2 Å². The van der Waals surface area contributed by atoms with E-state index in [1.807, 2.05) is 23.7 Å². The molecule has 94 valence electrons. The van der Waals surface area contributed by atoms with Crippen molar-refractivity contribution < 1.29 is 0 Å². The highest BCUT2D eigenvalue weighted by Gasteiger charge is 2.14. The van der Waals surface area contributed by atoms with Crippen molar-refractivity contribution in [3.05, 3.63) is 24.7 Å². The van der Waals surface area contributed by atoms with Crippen LogP contribution in [0.15, 0.2) is 24.7 Å². The highest BCUT2D eigenvalue weighted by Crippen LogP contribution is 2.36. The summed E-state index contributed by atoms with van der Waals surface area (Å²) in [5, 5.41) is 6.94. The quantitative estimate of drug-likeness (QED) is 0.555. The maximum atomic E-state index is 5.96. The van der Waals surface area contributed by atoms with Gasteiger partial charge in [0.05, 0.1) is 32.6 Å². The first-order chi connectivity index (χ1) is 9.24. The van der Waals surface area contributed by atoms with E-state index in [-0.39, 0.29) is 0 Å². The minimum absolute atomic E-state index is 0.470. The number of imidazole rings is 1. The molecule has 0 bridgehead atoms. The average molecular weight is 270 g/mol. The number of anilines is 1. The third kappa shape index (κ3) is 1.39. The Morgan fingerprint density at radius 3 is 3.11 bits per heavy atom. The number of fused-ring (bicyclic) bond motifs is 3. The van der Waals surface area contributed by atoms with Crippen LogP contribution in [-0.4, -0.2) is 24.7 Å². The highest BCUT2D eigenvalue weighted by molar-refractivity contribution is 7.23. The summed E-state index contributed by atoms with van der Waals surface area (Å²) in [6.45, 7) is 0. The summed E-state index contributed by atoms with van der Waals surface area (Å²) in [5.74, 6) is 0.470. The lowest BCUT2D eigenvalue weighted by Gasteiger charge is -1.98. The first-order valence-electron chi connectivity index (χ1n) is 5.74. The van der Waals surface area contributed by atoms with Crippen molar-refractivity contribution >= 4 is 38.4 Å². The second kappa shape index (κ2) is 3.55. The van der Waals surface area contributed by atoms with Gasteiger partial charge in [0.15, 0.2) is 5.82 Å². The van der Waals surface area contributed by atoms with Crippen molar-refractivity contribution in [2.75, 3.05) is 5.73 Å². The van der Waals surface area contributed by atoms with Gasteiger partial charge in [-0.05, 0) is 12.1 Å². The number of rotatable bonds is 1. The van der Waals surface area contributed by atoms with Crippen molar-refractivity contribution in [3.63, 3.8) is 0 Å². The van der Waals surface area contributed by atoms with E-state index in [0.29, 0.717) is 5.82 Å². The number of aryl methyl sites for hydroxylation is 1. The Balaban J connectivity index is 2.13. The van der Waals surface area contributed by atoms with E-state index in [4.69, 9.17) is 5.73 Å². The molecule has 3 N–H and O–H groups in total. The second-order valence-electron chi connectivity index (χ2n) is 4.35. The topological polar surface area (TPSA) is 85.4 Å². The van der Waals surface area contributed by atoms with Crippen LogP contribution < -0.4 is 5.73 Å². The summed E-state index contributed by atoms with van der Waals surface area (Å²) >= 11 is 1.66. The molecule has 0 spiro atoms. The third-order valence-electron chi connectivity index (χ3n) is 3.11. The van der Waals surface area contributed by atoms with Crippen LogP contribution in [0.1, 0.15) is 0 Å². The van der Waals surface area contributed by atoms with Crippen LogP contribution in [0.4, 0.5) is 5.82 Å². The Kier molecular flexibility index (Phi) is 1.96. The number of thiophene rings is 1. The predicted octanol–water partition coefficient (Wildman–Crippen LogP) is 2.16. The van der Waals surface area contributed by atoms with E-state index in [1.165, 1.54) is 0 Å². The van der Waals surface area contributed by atoms with E-state index < -0.39 is 0 Å². The molecule has 0 aliphatic rings. The van der Waals surface area contributed by atoms with E-state index in [9.17, 15) is 0 Å². The van der Waals surface area contributed by atoms with E-state index in [0.717, 1.165) is 31.8 Å². The van der Waals surface area contributed by atoms with Gasteiger partial charge in [-0.2, -0.15) is 5.10 Å². The fraction of sp³-hybridized carbons (Fsp3) is 0.0833. The number of nitrogens with two attached hydrogens (primary N) is 1. The molecule has 0 radical (unpaired) electrons. The number of H-pyrrole nitrogens is 1. The smallest absolute Gasteiger partial charge is 0.152 e. The summed E-state index contributed by atoms with van der Waals surface area (Å²) in [7, 11) is 1.96. The number of aromatic nitrogens is 5. The molecule has 0 amide bonds. The van der Waals surface area contributed by atoms with Gasteiger partial charge in [0.25, 0.3) is 0 Å². The maximum Gasteiger partial charge on any atom is 0.152 e. The van der Waals surface area contributed by atoms with Gasteiger partial charge in [-0.1, -0.05) is 0 Å². The van der Waals surface area contributed by atoms with Crippen LogP contribution in [0, 0.1) is 0 Å². The first kappa shape index (κ1) is 10.5. The van der Waals surface area contributed by atoms with E-state index >= 15 is 0 Å². The number of pyridine rings is 1. The van der Waals surface area contributed by atoms with Crippen molar-refractivity contribution in [1.82, 2.24) is 24.7 Å². The van der Waals surface area contributed by atoms with Crippen LogP contribution in [0.25, 0.3) is 31.8 Å². The van der Waals surface area contributed by atoms with Gasteiger partial charge in [0.1, 0.15) is 5.52 Å². The van der Waals surface area contributed by atoms with Gasteiger partial charge in [-0.25, -0.2) is 9.97 Å². The fourth-order valence-corrected chi connectivity index (χ4v) is 3.39. The summed E-state index contributed by atoms with van der Waals surface area (Å²) in [4.78, 5) is 9.82. The Hall–Kier alpha value is -2.41. The lowest BCUT2D eigenvalue weighted by molar-refractivity contribution is 0.951. The zero-order chi connectivity index (χ0) is 13.0. The van der Waals surface area contributed by atoms with Crippen LogP contribution in [-0.2, 0) is 7.05 Å². The average Bonchev–Trinajstić information content (AvgIpc) is 3.06. The van der Waals surface area contributed by atoms with Gasteiger partial charge in [-0.3, -0.25) is 5.10 Å². The van der Waals surface area contributed by atoms with Gasteiger partial charge < -0.3 is 10.3 Å². The van der Waals surface area contributed by atoms with Crippen LogP contribution in [0.5, 0.6) is 0 Å². The molecule has 19 heavy (non-hydrogen) atoms. The Bertz CT molecular complexity index is 886. The van der Waals surface area contributed by atoms with Crippen molar-refractivity contribution in [2.45, 2.75) is 0 Å². The summed E-state index contributed by atoms with van der Waals surface area (Å²) in [5.41, 5.74) is 9.62. The molecule has 4 aromatic heterocycles. The number of nitrogen functional groups attached to an aromatic ring is 1. The van der Waals surface area contributed by atoms with Crippen molar-refractivity contribution in [2.24, 2.45) is 7.05 Å². The largest absolute Gasteiger partial charge is 0.382 e. The molecule has 0 unspecified atom stereocenters. The SMILES string of the molecule is Cn1cnc2c(N)nc3cc(-c4ccn[nH]4)sc3c21. The number of aromatic amines is 1. The predicted molar refractivity (Wildman–Crippen MR) is 75.9 cm³/mol. The molecule has 0 saturated carbocycles. The first-order valence-corrected chi connectivity index (χ1v) is 6.55. The van der Waals surface area contributed by atoms with Gasteiger partial charge in [0.2, 0.25) is 0 Å². The second-order valence-corrected chi connectivity index (χ2v) is 5.40. The van der Waals surface area contributed by atoms with Crippen molar-refractivity contribution in [1.29, 1.82) is 0 Å². The summed E-state index contributed by atoms with van der Waals surface area (Å²) in [6, 6.07) is 3.96. The minimum atomic E-state index is 0.470. The van der Waals surface area contributed by atoms with Crippen molar-refractivity contribution in [3.8, 4) is 10.6 Å². The van der Waals surface area contributed by atoms with Gasteiger partial charge in [-0.15, -0.1) is 11.3 Å². The molecule has 0 atom stereocenters. The molecule has 7 heteroatoms. The molecule has 0 saturated heterocycles. The molecule has 0 aliphatic carbocycles. The molecular formula is C12H10N6S. The maximum absolute atomic E-state index is 5.96. The molecule has 4 aromatic rings. The molecule has 4 heterocycles. The third-order valence-corrected chi connectivity index (χ3v) is 4.28. The van der Waals surface area contributed by atoms with Crippen LogP contribution >= 0.6 is 11.3 Å². The minimum Gasteiger partial charge on any atom is -0.382 e. The van der Waals surface area contributed by atoms with Crippen LogP contribution in [0.2, 0.25) is 0 Å². The molecule has 0 aliphatic heterocycles. The Morgan fingerprint density at radius 1 is 1.42 bits per heavy atom. The van der Waals surface area contributed by atoms with Gasteiger partial charge in [0, 0.05) is 13.2 Å². The molecule has 4 rings (SSSR count). The zero-order valence-corrected chi connectivity index (χ0v) is 10.9. The monoisotopic (exact) mass is 270 g/mol. The van der Waals surface area contributed by atoms with Gasteiger partial charge >= 0.3 is 0 Å². The summed E-state index contributed by atoms with van der Waals surface area (Å²) in [6.07, 6.45) is 3.50. The molecule has 6 nitrogen and oxygen atoms in total. The normalized spacial score (nSPS) is 11.6. The number of hydrogen-bond donors (Lipinski definition) is 2. The fourth-order valence-electron chi connectivity index (χ4n) is 2.23.